The van der Waals surface area contributed by atoms with Crippen LogP contribution in [0.4, 0.5) is 10.8 Å². The van der Waals surface area contributed by atoms with Crippen molar-refractivity contribution in [2.24, 2.45) is 0 Å². The molecule has 0 unspecified atom stereocenters. The summed E-state index contributed by atoms with van der Waals surface area (Å²) in [5.74, 6) is 0.0465. The van der Waals surface area contributed by atoms with E-state index in [2.05, 4.69) is 15.0 Å². The number of nitrogens with one attached hydrogen (secondary N) is 2. The molecule has 4 N–H and O–H groups in total. The number of ether oxygens (including phenoxy) is 1. The quantitative estimate of drug-likeness (QED) is 0.633. The molecule has 7 heteroatoms. The van der Waals surface area contributed by atoms with Crippen LogP contribution in [0.5, 0.6) is 0 Å². The van der Waals surface area contributed by atoms with Crippen molar-refractivity contribution < 1.29 is 9.53 Å². The maximum Gasteiger partial charge on any atom is 0.257 e. The molecule has 0 spiro atoms. The average Bonchev–Trinajstić information content (AvgIpc) is 2.69. The average molecular weight is 258 g/mol. The van der Waals surface area contributed by atoms with Crippen LogP contribution in [0.3, 0.4) is 0 Å². The van der Waals surface area contributed by atoms with Crippen LogP contribution in [0, 0.1) is 0 Å². The van der Waals surface area contributed by atoms with Gasteiger partial charge in [0.05, 0.1) is 0 Å². The van der Waals surface area contributed by atoms with Crippen LogP contribution in [0.25, 0.3) is 0 Å². The Morgan fingerprint density at radius 3 is 3.00 bits per heavy atom. The fourth-order valence-electron chi connectivity index (χ4n) is 1.29. The first-order valence-corrected chi connectivity index (χ1v) is 6.26. The van der Waals surface area contributed by atoms with Crippen molar-refractivity contribution in [2.45, 2.75) is 13.3 Å². The molecule has 1 amide bonds. The van der Waals surface area contributed by atoms with Crippen molar-refractivity contribution in [1.82, 2.24) is 9.69 Å². The lowest BCUT2D eigenvalue weighted by atomic mass is 10.3. The summed E-state index contributed by atoms with van der Waals surface area (Å²) in [6.07, 6.45) is 0.874. The number of rotatable bonds is 7. The number of amides is 1. The zero-order valence-electron chi connectivity index (χ0n) is 10.1. The number of nitrogen functional groups attached to an aromatic ring is 1. The summed E-state index contributed by atoms with van der Waals surface area (Å²) >= 11 is 1.20. The number of hydrogen-bond acceptors (Lipinski definition) is 6. The molecule has 0 radical (unpaired) electrons. The van der Waals surface area contributed by atoms with E-state index in [0.717, 1.165) is 19.6 Å². The monoisotopic (exact) mass is 258 g/mol. The van der Waals surface area contributed by atoms with E-state index in [4.69, 9.17) is 10.5 Å². The van der Waals surface area contributed by atoms with Crippen molar-refractivity contribution in [1.29, 1.82) is 0 Å². The number of carbonyl (C=O) groups is 1. The van der Waals surface area contributed by atoms with Gasteiger partial charge in [0.1, 0.15) is 10.6 Å². The fraction of sp³-hybridized carbons (Fsp3) is 0.600. The number of hydrogen-bond donors (Lipinski definition) is 3. The molecule has 1 aromatic rings. The van der Waals surface area contributed by atoms with E-state index in [1.165, 1.54) is 11.5 Å². The van der Waals surface area contributed by atoms with Crippen LogP contribution in [-0.2, 0) is 4.74 Å². The van der Waals surface area contributed by atoms with Gasteiger partial charge >= 0.3 is 0 Å². The Labute approximate surface area is 105 Å². The molecule has 1 rings (SSSR count). The highest BCUT2D eigenvalue weighted by Crippen LogP contribution is 2.26. The lowest BCUT2D eigenvalue weighted by Gasteiger charge is -2.06. The summed E-state index contributed by atoms with van der Waals surface area (Å²) in [7, 11) is 1.57. The normalized spacial score (nSPS) is 10.2. The Morgan fingerprint density at radius 1 is 1.59 bits per heavy atom. The summed E-state index contributed by atoms with van der Waals surface area (Å²) < 4.78 is 9.18. The zero-order valence-corrected chi connectivity index (χ0v) is 10.9. The van der Waals surface area contributed by atoms with Crippen LogP contribution >= 0.6 is 11.5 Å². The van der Waals surface area contributed by atoms with Gasteiger partial charge in [0.15, 0.2) is 5.82 Å². The SMILES string of the molecule is CCOCCCNc1snc(N)c1C(=O)NC. The van der Waals surface area contributed by atoms with Crippen LogP contribution in [0.15, 0.2) is 0 Å². The molecule has 1 aromatic heterocycles. The summed E-state index contributed by atoms with van der Waals surface area (Å²) in [5, 5.41) is 6.39. The van der Waals surface area contributed by atoms with Gasteiger partial charge in [0.2, 0.25) is 0 Å². The Balaban J connectivity index is 2.50. The second-order valence-electron chi connectivity index (χ2n) is 3.33. The molecule has 0 bridgehead atoms. The molecular formula is C10H18N4O2S. The minimum Gasteiger partial charge on any atom is -0.382 e. The van der Waals surface area contributed by atoms with Crippen LogP contribution in [0.2, 0.25) is 0 Å². The number of carbonyl (C=O) groups excluding carboxylic acids is 1. The first-order chi connectivity index (χ1) is 8.20. The summed E-state index contributed by atoms with van der Waals surface area (Å²) in [6, 6.07) is 0. The van der Waals surface area contributed by atoms with Gasteiger partial charge in [-0.3, -0.25) is 4.79 Å². The Morgan fingerprint density at radius 2 is 2.35 bits per heavy atom. The van der Waals surface area contributed by atoms with E-state index < -0.39 is 0 Å². The smallest absolute Gasteiger partial charge is 0.257 e. The molecular weight excluding hydrogens is 240 g/mol. The lowest BCUT2D eigenvalue weighted by molar-refractivity contribution is 0.0965. The van der Waals surface area contributed by atoms with Gasteiger partial charge in [-0.1, -0.05) is 0 Å². The second kappa shape index (κ2) is 7.08. The largest absolute Gasteiger partial charge is 0.382 e. The summed E-state index contributed by atoms with van der Waals surface area (Å²) in [5.41, 5.74) is 6.07. The minimum absolute atomic E-state index is 0.219. The highest BCUT2D eigenvalue weighted by Gasteiger charge is 2.17. The number of nitrogens with two attached hydrogens (primary N) is 1. The fourth-order valence-corrected chi connectivity index (χ4v) is 2.02. The molecule has 6 nitrogen and oxygen atoms in total. The highest BCUT2D eigenvalue weighted by molar-refractivity contribution is 7.11. The zero-order chi connectivity index (χ0) is 12.7. The van der Waals surface area contributed by atoms with Gasteiger partial charge in [-0.05, 0) is 24.9 Å². The maximum atomic E-state index is 11.6. The number of aromatic nitrogens is 1. The van der Waals surface area contributed by atoms with Gasteiger partial charge in [0.25, 0.3) is 5.91 Å². The molecule has 0 aliphatic heterocycles. The Bertz CT molecular complexity index is 367. The summed E-state index contributed by atoms with van der Waals surface area (Å²) in [6.45, 7) is 4.11. The van der Waals surface area contributed by atoms with E-state index >= 15 is 0 Å². The van der Waals surface area contributed by atoms with Crippen molar-refractivity contribution in [3.8, 4) is 0 Å². The summed E-state index contributed by atoms with van der Waals surface area (Å²) in [4.78, 5) is 11.6. The second-order valence-corrected chi connectivity index (χ2v) is 4.10. The number of anilines is 2. The van der Waals surface area contributed by atoms with E-state index in [-0.39, 0.29) is 11.7 Å². The molecule has 1 heterocycles. The van der Waals surface area contributed by atoms with Crippen molar-refractivity contribution in [3.05, 3.63) is 5.56 Å². The Kier molecular flexibility index (Phi) is 5.71. The highest BCUT2D eigenvalue weighted by atomic mass is 32.1. The molecule has 0 aliphatic rings. The topological polar surface area (TPSA) is 89.3 Å². The lowest BCUT2D eigenvalue weighted by Crippen LogP contribution is -2.20. The van der Waals surface area contributed by atoms with Crippen molar-refractivity contribution >= 4 is 28.3 Å². The van der Waals surface area contributed by atoms with Gasteiger partial charge in [0, 0.05) is 26.8 Å². The third-order valence-corrected chi connectivity index (χ3v) is 2.95. The predicted molar refractivity (Wildman–Crippen MR) is 69.5 cm³/mol. The molecule has 0 atom stereocenters. The molecule has 96 valence electrons. The Hall–Kier alpha value is -1.34. The van der Waals surface area contributed by atoms with Gasteiger partial charge in [-0.2, -0.15) is 4.37 Å². The van der Waals surface area contributed by atoms with Gasteiger partial charge < -0.3 is 21.1 Å². The van der Waals surface area contributed by atoms with Crippen LogP contribution < -0.4 is 16.4 Å². The third-order valence-electron chi connectivity index (χ3n) is 2.13. The number of nitrogens with zero attached hydrogens (tertiary/aromatic N) is 1. The van der Waals surface area contributed by atoms with E-state index in [9.17, 15) is 4.79 Å². The van der Waals surface area contributed by atoms with Gasteiger partial charge in [-0.15, -0.1) is 0 Å². The molecule has 17 heavy (non-hydrogen) atoms. The van der Waals surface area contributed by atoms with E-state index in [1.807, 2.05) is 6.92 Å². The van der Waals surface area contributed by atoms with Gasteiger partial charge in [-0.25, -0.2) is 0 Å². The molecule has 0 saturated carbocycles. The van der Waals surface area contributed by atoms with Crippen molar-refractivity contribution in [3.63, 3.8) is 0 Å². The van der Waals surface area contributed by atoms with E-state index in [1.54, 1.807) is 7.05 Å². The molecule has 0 fully saturated rings. The van der Waals surface area contributed by atoms with Crippen LogP contribution in [-0.4, -0.2) is 37.1 Å². The predicted octanol–water partition coefficient (Wildman–Crippen LogP) is 0.923. The molecule has 0 aromatic carbocycles. The van der Waals surface area contributed by atoms with Crippen LogP contribution in [0.1, 0.15) is 23.7 Å². The first-order valence-electron chi connectivity index (χ1n) is 5.49. The van der Waals surface area contributed by atoms with Crippen molar-refractivity contribution in [2.75, 3.05) is 37.9 Å². The standard InChI is InChI=1S/C10H18N4O2S/c1-3-16-6-4-5-13-10-7(9(15)12-2)8(11)14-17-10/h13H,3-6H2,1-2H3,(H2,11,14)(H,12,15). The third kappa shape index (κ3) is 3.86. The molecule has 0 aliphatic carbocycles. The first kappa shape index (κ1) is 13.7. The maximum absolute atomic E-state index is 11.6. The van der Waals surface area contributed by atoms with E-state index in [0.29, 0.717) is 17.2 Å². The minimum atomic E-state index is -0.219. The molecule has 0 saturated heterocycles.